The van der Waals surface area contributed by atoms with Crippen LogP contribution in [-0.4, -0.2) is 32.2 Å². The molecule has 0 bridgehead atoms. The van der Waals surface area contributed by atoms with Crippen LogP contribution in [0.3, 0.4) is 0 Å². The fourth-order valence-electron chi connectivity index (χ4n) is 0.542. The first-order valence-corrected chi connectivity index (χ1v) is 3.26. The molecule has 0 saturated carbocycles. The van der Waals surface area contributed by atoms with Crippen molar-refractivity contribution in [2.75, 3.05) is 20.3 Å². The topological polar surface area (TPSA) is 35.5 Å². The average Bonchev–Trinajstić information content (AvgIpc) is 1.85. The molecule has 0 aliphatic rings. The number of Topliss-reactive ketones (excluding diaryl/α,β-unsaturated/α-hetero) is 1. The Hall–Kier alpha value is -0.410. The summed E-state index contributed by atoms with van der Waals surface area (Å²) in [6, 6.07) is 0. The summed E-state index contributed by atoms with van der Waals surface area (Å²) in [5, 5.41) is 0. The van der Waals surface area contributed by atoms with E-state index in [-0.39, 0.29) is 18.5 Å². The van der Waals surface area contributed by atoms with Crippen LogP contribution in [-0.2, 0) is 14.3 Å². The Kier molecular flexibility index (Phi) is 5.16. The second-order valence-electron chi connectivity index (χ2n) is 2.28. The maximum Gasteiger partial charge on any atom is 0.155 e. The lowest BCUT2D eigenvalue weighted by atomic mass is 10.4. The summed E-state index contributed by atoms with van der Waals surface area (Å²) in [5.41, 5.74) is 0. The van der Waals surface area contributed by atoms with Gasteiger partial charge in [-0.2, -0.15) is 0 Å². The zero-order chi connectivity index (χ0) is 7.98. The van der Waals surface area contributed by atoms with Crippen molar-refractivity contribution in [3.8, 4) is 0 Å². The van der Waals surface area contributed by atoms with Crippen LogP contribution in [0.4, 0.5) is 0 Å². The van der Waals surface area contributed by atoms with Crippen molar-refractivity contribution in [1.82, 2.24) is 0 Å². The largest absolute Gasteiger partial charge is 0.382 e. The molecule has 0 aromatic rings. The van der Waals surface area contributed by atoms with Gasteiger partial charge >= 0.3 is 0 Å². The Labute approximate surface area is 61.3 Å². The number of methoxy groups -OCH3 is 1. The molecule has 0 N–H and O–H groups in total. The molecule has 60 valence electrons. The standard InChI is InChI=1S/C7H14O3/c1-6(8)4-10-7(2)5-9-3/h7H,4-5H2,1-3H3. The van der Waals surface area contributed by atoms with Gasteiger partial charge in [0, 0.05) is 7.11 Å². The van der Waals surface area contributed by atoms with Gasteiger partial charge in [-0.3, -0.25) is 4.79 Å². The average molecular weight is 146 g/mol. The lowest BCUT2D eigenvalue weighted by Crippen LogP contribution is -2.18. The lowest BCUT2D eigenvalue weighted by Gasteiger charge is -2.09. The molecule has 0 fully saturated rings. The Morgan fingerprint density at radius 3 is 2.60 bits per heavy atom. The second kappa shape index (κ2) is 5.38. The molecule has 1 unspecified atom stereocenters. The first-order chi connectivity index (χ1) is 4.66. The Morgan fingerprint density at radius 2 is 2.20 bits per heavy atom. The van der Waals surface area contributed by atoms with Gasteiger partial charge in [-0.15, -0.1) is 0 Å². The van der Waals surface area contributed by atoms with Gasteiger partial charge in [0.05, 0.1) is 12.7 Å². The zero-order valence-electron chi connectivity index (χ0n) is 6.72. The summed E-state index contributed by atoms with van der Waals surface area (Å²) < 4.78 is 9.87. The molecule has 0 rings (SSSR count). The first-order valence-electron chi connectivity index (χ1n) is 3.26. The van der Waals surface area contributed by atoms with Gasteiger partial charge in [0.15, 0.2) is 5.78 Å². The van der Waals surface area contributed by atoms with Crippen molar-refractivity contribution in [1.29, 1.82) is 0 Å². The van der Waals surface area contributed by atoms with E-state index in [4.69, 9.17) is 9.47 Å². The van der Waals surface area contributed by atoms with Crippen LogP contribution in [0.15, 0.2) is 0 Å². The molecule has 0 saturated heterocycles. The molecular formula is C7H14O3. The summed E-state index contributed by atoms with van der Waals surface area (Å²) in [7, 11) is 1.60. The fourth-order valence-corrected chi connectivity index (χ4v) is 0.542. The number of rotatable bonds is 5. The SMILES string of the molecule is COCC(C)OCC(C)=O. The third-order valence-electron chi connectivity index (χ3n) is 0.972. The van der Waals surface area contributed by atoms with Gasteiger partial charge in [-0.1, -0.05) is 0 Å². The molecule has 0 aromatic carbocycles. The third-order valence-corrected chi connectivity index (χ3v) is 0.972. The normalized spacial score (nSPS) is 13.1. The maximum absolute atomic E-state index is 10.4. The highest BCUT2D eigenvalue weighted by Gasteiger charge is 2.01. The molecular weight excluding hydrogens is 132 g/mol. The van der Waals surface area contributed by atoms with Gasteiger partial charge in [0.25, 0.3) is 0 Å². The summed E-state index contributed by atoms with van der Waals surface area (Å²) in [4.78, 5) is 10.4. The molecule has 0 spiro atoms. The van der Waals surface area contributed by atoms with Crippen LogP contribution in [0.5, 0.6) is 0 Å². The predicted octanol–water partition coefficient (Wildman–Crippen LogP) is 0.627. The van der Waals surface area contributed by atoms with Crippen molar-refractivity contribution < 1.29 is 14.3 Å². The molecule has 0 amide bonds. The molecule has 0 heterocycles. The van der Waals surface area contributed by atoms with Gasteiger partial charge in [-0.05, 0) is 13.8 Å². The summed E-state index contributed by atoms with van der Waals surface area (Å²) in [5.74, 6) is 0.0444. The van der Waals surface area contributed by atoms with E-state index in [0.717, 1.165) is 0 Å². The Morgan fingerprint density at radius 1 is 1.60 bits per heavy atom. The van der Waals surface area contributed by atoms with E-state index < -0.39 is 0 Å². The minimum Gasteiger partial charge on any atom is -0.382 e. The first kappa shape index (κ1) is 9.59. The van der Waals surface area contributed by atoms with Crippen molar-refractivity contribution in [3.05, 3.63) is 0 Å². The van der Waals surface area contributed by atoms with E-state index in [1.807, 2.05) is 6.92 Å². The highest BCUT2D eigenvalue weighted by Crippen LogP contribution is 1.90. The summed E-state index contributed by atoms with van der Waals surface area (Å²) in [6.07, 6.45) is 0.00824. The molecule has 3 heteroatoms. The third kappa shape index (κ3) is 5.72. The number of hydrogen-bond donors (Lipinski definition) is 0. The van der Waals surface area contributed by atoms with Crippen LogP contribution in [0.2, 0.25) is 0 Å². The Balaban J connectivity index is 3.21. The van der Waals surface area contributed by atoms with Crippen molar-refractivity contribution in [2.45, 2.75) is 20.0 Å². The monoisotopic (exact) mass is 146 g/mol. The number of ether oxygens (including phenoxy) is 2. The predicted molar refractivity (Wildman–Crippen MR) is 38.0 cm³/mol. The van der Waals surface area contributed by atoms with Crippen LogP contribution in [0, 0.1) is 0 Å². The minimum absolute atomic E-state index is 0.00824. The number of carbonyl (C=O) groups is 1. The zero-order valence-corrected chi connectivity index (χ0v) is 6.72. The molecule has 10 heavy (non-hydrogen) atoms. The molecule has 3 nitrogen and oxygen atoms in total. The minimum atomic E-state index is 0.00824. The highest BCUT2D eigenvalue weighted by atomic mass is 16.5. The molecule has 0 aliphatic carbocycles. The lowest BCUT2D eigenvalue weighted by molar-refractivity contribution is -0.124. The number of ketones is 1. The number of hydrogen-bond acceptors (Lipinski definition) is 3. The molecule has 1 atom stereocenters. The van der Waals surface area contributed by atoms with E-state index in [1.54, 1.807) is 7.11 Å². The fraction of sp³-hybridized carbons (Fsp3) is 0.857. The molecule has 0 radical (unpaired) electrons. The van der Waals surface area contributed by atoms with Crippen LogP contribution in [0.1, 0.15) is 13.8 Å². The number of carbonyl (C=O) groups excluding carboxylic acids is 1. The van der Waals surface area contributed by atoms with E-state index in [9.17, 15) is 4.79 Å². The smallest absolute Gasteiger partial charge is 0.155 e. The van der Waals surface area contributed by atoms with Gasteiger partial charge < -0.3 is 9.47 Å². The summed E-state index contributed by atoms with van der Waals surface area (Å²) >= 11 is 0. The van der Waals surface area contributed by atoms with Crippen LogP contribution in [0.25, 0.3) is 0 Å². The highest BCUT2D eigenvalue weighted by molar-refractivity contribution is 5.76. The van der Waals surface area contributed by atoms with Crippen LogP contribution >= 0.6 is 0 Å². The maximum atomic E-state index is 10.4. The van der Waals surface area contributed by atoms with Gasteiger partial charge in [0.1, 0.15) is 6.61 Å². The summed E-state index contributed by atoms with van der Waals surface area (Å²) in [6.45, 7) is 4.09. The van der Waals surface area contributed by atoms with Crippen molar-refractivity contribution >= 4 is 5.78 Å². The van der Waals surface area contributed by atoms with Gasteiger partial charge in [-0.25, -0.2) is 0 Å². The van der Waals surface area contributed by atoms with E-state index >= 15 is 0 Å². The van der Waals surface area contributed by atoms with E-state index in [1.165, 1.54) is 6.92 Å². The quantitative estimate of drug-likeness (QED) is 0.570. The molecule has 0 aromatic heterocycles. The second-order valence-corrected chi connectivity index (χ2v) is 2.28. The molecule has 0 aliphatic heterocycles. The van der Waals surface area contributed by atoms with E-state index in [2.05, 4.69) is 0 Å². The van der Waals surface area contributed by atoms with Crippen LogP contribution < -0.4 is 0 Å². The van der Waals surface area contributed by atoms with Crippen molar-refractivity contribution in [2.24, 2.45) is 0 Å². The van der Waals surface area contributed by atoms with Gasteiger partial charge in [0.2, 0.25) is 0 Å². The Bertz CT molecular complexity index is 101. The van der Waals surface area contributed by atoms with E-state index in [0.29, 0.717) is 6.61 Å². The van der Waals surface area contributed by atoms with Crippen molar-refractivity contribution in [3.63, 3.8) is 0 Å².